The van der Waals surface area contributed by atoms with Gasteiger partial charge in [-0.15, -0.1) is 0 Å². The molecule has 0 aromatic heterocycles. The Labute approximate surface area is 216 Å². The van der Waals surface area contributed by atoms with Gasteiger partial charge in [-0.2, -0.15) is 0 Å². The molecule has 33 heavy (non-hydrogen) atoms. The van der Waals surface area contributed by atoms with Crippen LogP contribution in [0.4, 0.5) is 13.6 Å². The minimum atomic E-state index is -0.603. The van der Waals surface area contributed by atoms with Crippen LogP contribution in [0.25, 0.3) is 6.08 Å². The second-order valence-corrected chi connectivity index (χ2v) is 9.53. The van der Waals surface area contributed by atoms with Crippen molar-refractivity contribution in [3.63, 3.8) is 0 Å². The summed E-state index contributed by atoms with van der Waals surface area (Å²) in [6, 6.07) is 15.2. The fraction of sp³-hybridized carbons (Fsp3) is 0.0833. The fourth-order valence-electron chi connectivity index (χ4n) is 3.26. The van der Waals surface area contributed by atoms with Gasteiger partial charge in [-0.25, -0.2) is 13.6 Å². The molecule has 1 N–H and O–H groups in total. The Hall–Kier alpha value is -2.54. The summed E-state index contributed by atoms with van der Waals surface area (Å²) in [6.45, 7) is 0.0559. The first kappa shape index (κ1) is 23.6. The van der Waals surface area contributed by atoms with Crippen LogP contribution in [0, 0.1) is 18.8 Å². The fourth-order valence-corrected chi connectivity index (χ4v) is 5.39. The van der Waals surface area contributed by atoms with Gasteiger partial charge in [-0.1, -0.05) is 30.3 Å². The highest BCUT2D eigenvalue weighted by Gasteiger charge is 2.34. The zero-order valence-electron chi connectivity index (χ0n) is 16.9. The molecule has 0 aliphatic carbocycles. The van der Waals surface area contributed by atoms with Crippen molar-refractivity contribution in [2.24, 2.45) is 0 Å². The Kier molecular flexibility index (Phi) is 7.27. The van der Waals surface area contributed by atoms with Gasteiger partial charge in [0.05, 0.1) is 13.7 Å². The smallest absolute Gasteiger partial charge is 0.329 e. The Balaban J connectivity index is 1.51. The minimum Gasteiger partial charge on any atom is -0.487 e. The lowest BCUT2D eigenvalue weighted by molar-refractivity contribution is -0.123. The molecule has 0 unspecified atom stereocenters. The SMILES string of the molecule is O=C1N/C(=C/c2cc(I)c(OCc3cccc(F)c3)c(I)c2)C(=O)N1Cc1ccccc1F. The molecule has 1 heterocycles. The van der Waals surface area contributed by atoms with Crippen molar-refractivity contribution in [3.05, 3.63) is 102 Å². The highest BCUT2D eigenvalue weighted by molar-refractivity contribution is 14.1. The lowest BCUT2D eigenvalue weighted by Gasteiger charge is -2.12. The van der Waals surface area contributed by atoms with Gasteiger partial charge in [0.1, 0.15) is 29.7 Å². The first-order chi connectivity index (χ1) is 15.8. The highest BCUT2D eigenvalue weighted by Crippen LogP contribution is 2.31. The van der Waals surface area contributed by atoms with E-state index in [0.717, 1.165) is 12.0 Å². The summed E-state index contributed by atoms with van der Waals surface area (Å²) < 4.78 is 34.8. The second kappa shape index (κ2) is 10.2. The van der Waals surface area contributed by atoms with Gasteiger partial charge in [-0.3, -0.25) is 9.69 Å². The predicted octanol–water partition coefficient (Wildman–Crippen LogP) is 5.85. The van der Waals surface area contributed by atoms with E-state index in [0.29, 0.717) is 16.9 Å². The third kappa shape index (κ3) is 5.52. The number of halogens is 4. The van der Waals surface area contributed by atoms with E-state index < -0.39 is 17.8 Å². The van der Waals surface area contributed by atoms with E-state index in [4.69, 9.17) is 4.74 Å². The number of urea groups is 1. The topological polar surface area (TPSA) is 58.6 Å². The Bertz CT molecular complexity index is 1260. The maximum absolute atomic E-state index is 13.9. The summed E-state index contributed by atoms with van der Waals surface area (Å²) in [4.78, 5) is 26.0. The number of hydrogen-bond acceptors (Lipinski definition) is 3. The Morgan fingerprint density at radius 1 is 0.970 bits per heavy atom. The summed E-state index contributed by atoms with van der Waals surface area (Å²) in [5.74, 6) is -0.687. The molecule has 9 heteroatoms. The number of carbonyl (C=O) groups excluding carboxylic acids is 2. The number of nitrogens with zero attached hydrogens (tertiary/aromatic N) is 1. The zero-order valence-corrected chi connectivity index (χ0v) is 21.3. The molecule has 1 fully saturated rings. The number of hydrogen-bond donors (Lipinski definition) is 1. The number of imide groups is 1. The molecule has 5 nitrogen and oxygen atoms in total. The lowest BCUT2D eigenvalue weighted by Crippen LogP contribution is -2.30. The predicted molar refractivity (Wildman–Crippen MR) is 136 cm³/mol. The third-order valence-corrected chi connectivity index (χ3v) is 6.46. The highest BCUT2D eigenvalue weighted by atomic mass is 127. The van der Waals surface area contributed by atoms with Crippen molar-refractivity contribution in [2.45, 2.75) is 13.2 Å². The van der Waals surface area contributed by atoms with Crippen molar-refractivity contribution in [1.82, 2.24) is 10.2 Å². The summed E-state index contributed by atoms with van der Waals surface area (Å²) >= 11 is 4.24. The van der Waals surface area contributed by atoms with Crippen LogP contribution in [0.3, 0.4) is 0 Å². The Morgan fingerprint density at radius 3 is 2.39 bits per heavy atom. The van der Waals surface area contributed by atoms with Crippen LogP contribution in [0.15, 0.2) is 66.4 Å². The van der Waals surface area contributed by atoms with Crippen LogP contribution in [0.5, 0.6) is 5.75 Å². The molecule has 0 radical (unpaired) electrons. The van der Waals surface area contributed by atoms with E-state index in [-0.39, 0.29) is 30.2 Å². The number of rotatable bonds is 6. The number of carbonyl (C=O) groups is 2. The molecule has 1 aliphatic rings. The van der Waals surface area contributed by atoms with E-state index in [1.807, 2.05) is 12.1 Å². The minimum absolute atomic E-state index is 0.108. The number of benzene rings is 3. The average molecular weight is 672 g/mol. The molecule has 0 bridgehead atoms. The first-order valence-corrected chi connectivity index (χ1v) is 11.9. The van der Waals surface area contributed by atoms with Gasteiger partial charge in [0.25, 0.3) is 5.91 Å². The Morgan fingerprint density at radius 2 is 1.70 bits per heavy atom. The van der Waals surface area contributed by atoms with Crippen LogP contribution >= 0.6 is 45.2 Å². The van der Waals surface area contributed by atoms with Crippen molar-refractivity contribution in [1.29, 1.82) is 0 Å². The molecule has 168 valence electrons. The summed E-state index contributed by atoms with van der Waals surface area (Å²) in [5, 5.41) is 2.55. The van der Waals surface area contributed by atoms with Crippen molar-refractivity contribution in [3.8, 4) is 5.75 Å². The lowest BCUT2D eigenvalue weighted by atomic mass is 10.1. The largest absolute Gasteiger partial charge is 0.487 e. The number of amides is 3. The van der Waals surface area contributed by atoms with Crippen molar-refractivity contribution in [2.75, 3.05) is 0 Å². The molecule has 1 saturated heterocycles. The number of nitrogens with one attached hydrogen (secondary N) is 1. The summed E-state index contributed by atoms with van der Waals surface area (Å²) in [6.07, 6.45) is 1.57. The van der Waals surface area contributed by atoms with E-state index in [1.165, 1.54) is 24.3 Å². The van der Waals surface area contributed by atoms with Crippen molar-refractivity contribution < 1.29 is 23.1 Å². The molecule has 3 amide bonds. The second-order valence-electron chi connectivity index (χ2n) is 7.20. The van der Waals surface area contributed by atoms with Crippen LogP contribution < -0.4 is 10.1 Å². The summed E-state index contributed by atoms with van der Waals surface area (Å²) in [5.41, 5.74) is 1.77. The van der Waals surface area contributed by atoms with Crippen LogP contribution in [0.1, 0.15) is 16.7 Å². The molecule has 0 atom stereocenters. The van der Waals surface area contributed by atoms with Gasteiger partial charge in [0, 0.05) is 5.56 Å². The van der Waals surface area contributed by atoms with E-state index >= 15 is 0 Å². The quantitative estimate of drug-likeness (QED) is 0.204. The molecular formula is C24H16F2I2N2O3. The van der Waals surface area contributed by atoms with Crippen molar-refractivity contribution >= 4 is 63.2 Å². The van der Waals surface area contributed by atoms with Crippen LogP contribution in [-0.2, 0) is 17.9 Å². The van der Waals surface area contributed by atoms with E-state index in [9.17, 15) is 18.4 Å². The maximum atomic E-state index is 13.9. The molecule has 3 aromatic rings. The van der Waals surface area contributed by atoms with Crippen LogP contribution in [-0.4, -0.2) is 16.8 Å². The molecule has 4 rings (SSSR count). The van der Waals surface area contributed by atoms with Gasteiger partial charge in [-0.05, 0) is 92.7 Å². The van der Waals surface area contributed by atoms with Gasteiger partial charge < -0.3 is 10.1 Å². The number of ether oxygens (including phenoxy) is 1. The van der Waals surface area contributed by atoms with Gasteiger partial charge in [0.15, 0.2) is 0 Å². The maximum Gasteiger partial charge on any atom is 0.329 e. The third-order valence-electron chi connectivity index (χ3n) is 4.85. The normalized spacial score (nSPS) is 14.7. The molecule has 3 aromatic carbocycles. The molecule has 0 saturated carbocycles. The average Bonchev–Trinajstić information content (AvgIpc) is 3.02. The van der Waals surface area contributed by atoms with E-state index in [2.05, 4.69) is 50.5 Å². The summed E-state index contributed by atoms with van der Waals surface area (Å²) in [7, 11) is 0. The van der Waals surface area contributed by atoms with Gasteiger partial charge >= 0.3 is 6.03 Å². The zero-order chi connectivity index (χ0) is 23.5. The molecular weight excluding hydrogens is 656 g/mol. The molecule has 0 spiro atoms. The molecule has 1 aliphatic heterocycles. The van der Waals surface area contributed by atoms with Gasteiger partial charge in [0.2, 0.25) is 0 Å². The monoisotopic (exact) mass is 672 g/mol. The van der Waals surface area contributed by atoms with E-state index in [1.54, 1.807) is 30.3 Å². The standard InChI is InChI=1S/C24H16F2I2N2O3/c25-17-6-3-4-14(8-17)13-33-22-19(27)9-15(10-20(22)28)11-21-23(31)30(24(32)29-21)12-16-5-1-2-7-18(16)26/h1-11H,12-13H2,(H,29,32)/b21-11+. The van der Waals surface area contributed by atoms with Crippen LogP contribution in [0.2, 0.25) is 0 Å². The first-order valence-electron chi connectivity index (χ1n) is 9.76.